The number of rotatable bonds is 12. The van der Waals surface area contributed by atoms with Crippen LogP contribution in [0, 0.1) is 0 Å². The van der Waals surface area contributed by atoms with Crippen LogP contribution in [0.5, 0.6) is 0 Å². The second-order valence-corrected chi connectivity index (χ2v) is 8.65. The summed E-state index contributed by atoms with van der Waals surface area (Å²) in [7, 11) is 0. The van der Waals surface area contributed by atoms with E-state index in [1.807, 2.05) is 103 Å². The van der Waals surface area contributed by atoms with E-state index in [1.54, 1.807) is 6.92 Å². The highest BCUT2D eigenvalue weighted by molar-refractivity contribution is 6.38. The van der Waals surface area contributed by atoms with Gasteiger partial charge in [0.05, 0.1) is 33.0 Å². The van der Waals surface area contributed by atoms with Gasteiger partial charge in [-0.3, -0.25) is 4.99 Å². The van der Waals surface area contributed by atoms with Crippen molar-refractivity contribution in [2.75, 3.05) is 13.2 Å². The summed E-state index contributed by atoms with van der Waals surface area (Å²) in [4.78, 5) is 17.4. The second kappa shape index (κ2) is 14.2. The van der Waals surface area contributed by atoms with Gasteiger partial charge in [0.15, 0.2) is 5.71 Å². The standard InChI is InChI=1S/C31H33NO5/c1-2-35-31(33)30(32-20-24-12-6-3-7-13-24)28-19-18-27(36-22-26-16-10-5-11-17-26)29(37-28)23-34-21-25-14-8-4-9-15-25/h3-19,27-29H,2,20-23H2,1H3/t27-,28-,29+/m0/s1. The molecule has 192 valence electrons. The molecule has 3 aromatic carbocycles. The molecule has 6 heteroatoms. The molecule has 0 aliphatic carbocycles. The fourth-order valence-electron chi connectivity index (χ4n) is 3.97. The Kier molecular flexibility index (Phi) is 10.2. The van der Waals surface area contributed by atoms with Crippen LogP contribution in [0.15, 0.2) is 108 Å². The maximum atomic E-state index is 12.8. The van der Waals surface area contributed by atoms with Crippen LogP contribution in [0.1, 0.15) is 23.6 Å². The molecule has 0 fully saturated rings. The van der Waals surface area contributed by atoms with Gasteiger partial charge in [-0.25, -0.2) is 4.79 Å². The molecule has 1 aliphatic rings. The Labute approximate surface area is 218 Å². The predicted molar refractivity (Wildman–Crippen MR) is 143 cm³/mol. The first-order valence-electron chi connectivity index (χ1n) is 12.6. The van der Waals surface area contributed by atoms with Gasteiger partial charge in [0.25, 0.3) is 0 Å². The molecule has 1 aliphatic heterocycles. The van der Waals surface area contributed by atoms with Gasteiger partial charge in [0.2, 0.25) is 0 Å². The molecule has 0 unspecified atom stereocenters. The average molecular weight is 500 g/mol. The topological polar surface area (TPSA) is 66.4 Å². The van der Waals surface area contributed by atoms with Gasteiger partial charge in [-0.15, -0.1) is 0 Å². The summed E-state index contributed by atoms with van der Waals surface area (Å²) in [5.41, 5.74) is 3.37. The molecule has 0 amide bonds. The highest BCUT2D eigenvalue weighted by Gasteiger charge is 2.33. The molecule has 3 aromatic rings. The van der Waals surface area contributed by atoms with E-state index in [2.05, 4.69) is 4.99 Å². The fourth-order valence-corrected chi connectivity index (χ4v) is 3.97. The minimum absolute atomic E-state index is 0.233. The van der Waals surface area contributed by atoms with E-state index in [4.69, 9.17) is 18.9 Å². The molecular weight excluding hydrogens is 466 g/mol. The third-order valence-electron chi connectivity index (χ3n) is 5.87. The lowest BCUT2D eigenvalue weighted by molar-refractivity contribution is -0.137. The molecule has 0 bridgehead atoms. The third kappa shape index (κ3) is 8.22. The van der Waals surface area contributed by atoms with Crippen molar-refractivity contribution >= 4 is 11.7 Å². The van der Waals surface area contributed by atoms with Crippen molar-refractivity contribution in [3.63, 3.8) is 0 Å². The van der Waals surface area contributed by atoms with Crippen molar-refractivity contribution < 1.29 is 23.7 Å². The van der Waals surface area contributed by atoms with Crippen LogP contribution in [-0.4, -0.2) is 43.2 Å². The van der Waals surface area contributed by atoms with Gasteiger partial charge >= 0.3 is 5.97 Å². The molecule has 0 spiro atoms. The second-order valence-electron chi connectivity index (χ2n) is 8.65. The molecule has 0 aromatic heterocycles. The summed E-state index contributed by atoms with van der Waals surface area (Å²) in [5.74, 6) is -0.485. The maximum Gasteiger partial charge on any atom is 0.355 e. The number of aliphatic imine (C=N–C) groups is 1. The Bertz CT molecular complexity index is 1150. The van der Waals surface area contributed by atoms with Crippen LogP contribution in [-0.2, 0) is 43.5 Å². The summed E-state index contributed by atoms with van der Waals surface area (Å²) in [6, 6.07) is 29.7. The molecule has 37 heavy (non-hydrogen) atoms. The summed E-state index contributed by atoms with van der Waals surface area (Å²) in [6.07, 6.45) is 2.32. The van der Waals surface area contributed by atoms with Crippen LogP contribution in [0.3, 0.4) is 0 Å². The summed E-state index contributed by atoms with van der Waals surface area (Å²) in [5, 5.41) is 0. The zero-order valence-corrected chi connectivity index (χ0v) is 21.1. The first-order chi connectivity index (χ1) is 18.2. The zero-order valence-electron chi connectivity index (χ0n) is 21.1. The van der Waals surface area contributed by atoms with E-state index < -0.39 is 18.2 Å². The highest BCUT2D eigenvalue weighted by atomic mass is 16.6. The first kappa shape index (κ1) is 26.5. The number of nitrogens with zero attached hydrogens (tertiary/aromatic N) is 1. The van der Waals surface area contributed by atoms with Crippen LogP contribution < -0.4 is 0 Å². The van der Waals surface area contributed by atoms with Crippen LogP contribution in [0.2, 0.25) is 0 Å². The molecule has 0 N–H and O–H groups in total. The molecule has 4 rings (SSSR count). The Morgan fingerprint density at radius 1 is 0.811 bits per heavy atom. The van der Waals surface area contributed by atoms with E-state index in [0.717, 1.165) is 16.7 Å². The highest BCUT2D eigenvalue weighted by Crippen LogP contribution is 2.21. The van der Waals surface area contributed by atoms with Crippen LogP contribution in [0.25, 0.3) is 0 Å². The number of esters is 1. The van der Waals surface area contributed by atoms with Crippen molar-refractivity contribution in [3.05, 3.63) is 120 Å². The number of benzene rings is 3. The number of ether oxygens (including phenoxy) is 4. The van der Waals surface area contributed by atoms with E-state index in [-0.39, 0.29) is 18.4 Å². The first-order valence-corrected chi connectivity index (χ1v) is 12.6. The van der Waals surface area contributed by atoms with Crippen LogP contribution >= 0.6 is 0 Å². The van der Waals surface area contributed by atoms with Crippen molar-refractivity contribution in [1.82, 2.24) is 0 Å². The quantitative estimate of drug-likeness (QED) is 0.192. The lowest BCUT2D eigenvalue weighted by atomic mass is 10.1. The third-order valence-corrected chi connectivity index (χ3v) is 5.87. The number of carbonyl (C=O) groups is 1. The normalized spacial score (nSPS) is 19.5. The lowest BCUT2D eigenvalue weighted by Crippen LogP contribution is -2.44. The summed E-state index contributed by atoms with van der Waals surface area (Å²) in [6.45, 7) is 3.57. The lowest BCUT2D eigenvalue weighted by Gasteiger charge is -2.32. The van der Waals surface area contributed by atoms with Crippen molar-refractivity contribution in [1.29, 1.82) is 0 Å². The molecule has 0 saturated carbocycles. The average Bonchev–Trinajstić information content (AvgIpc) is 2.94. The maximum absolute atomic E-state index is 12.8. The Morgan fingerprint density at radius 2 is 1.41 bits per heavy atom. The number of carbonyl (C=O) groups excluding carboxylic acids is 1. The predicted octanol–water partition coefficient (Wildman–Crippen LogP) is 5.32. The minimum atomic E-state index is -0.662. The van der Waals surface area contributed by atoms with E-state index in [9.17, 15) is 4.79 Å². The van der Waals surface area contributed by atoms with Crippen molar-refractivity contribution in [2.24, 2.45) is 4.99 Å². The smallest absolute Gasteiger partial charge is 0.355 e. The SMILES string of the molecule is CCOC(=O)C(=NCc1ccccc1)[C@@H]1C=C[C@H](OCc2ccccc2)[C@@H](COCc2ccccc2)O1. The van der Waals surface area contributed by atoms with Gasteiger partial charge in [0.1, 0.15) is 18.3 Å². The fraction of sp³-hybridized carbons (Fsp3) is 0.290. The van der Waals surface area contributed by atoms with Gasteiger partial charge < -0.3 is 18.9 Å². The van der Waals surface area contributed by atoms with Gasteiger partial charge in [-0.05, 0) is 23.6 Å². The molecule has 1 heterocycles. The number of hydrogen-bond donors (Lipinski definition) is 0. The Hall–Kier alpha value is -3.58. The van der Waals surface area contributed by atoms with E-state index in [1.165, 1.54) is 0 Å². The van der Waals surface area contributed by atoms with Crippen molar-refractivity contribution in [3.8, 4) is 0 Å². The summed E-state index contributed by atoms with van der Waals surface area (Å²) < 4.78 is 23.9. The molecular formula is C31H33NO5. The van der Waals surface area contributed by atoms with Gasteiger partial charge in [-0.2, -0.15) is 0 Å². The number of hydrogen-bond acceptors (Lipinski definition) is 6. The molecule has 3 atom stereocenters. The van der Waals surface area contributed by atoms with Crippen molar-refractivity contribution in [2.45, 2.75) is 45.0 Å². The minimum Gasteiger partial charge on any atom is -0.461 e. The molecule has 6 nitrogen and oxygen atoms in total. The van der Waals surface area contributed by atoms with Gasteiger partial charge in [-0.1, -0.05) is 103 Å². The largest absolute Gasteiger partial charge is 0.461 e. The van der Waals surface area contributed by atoms with E-state index >= 15 is 0 Å². The summed E-state index contributed by atoms with van der Waals surface area (Å²) >= 11 is 0. The van der Waals surface area contributed by atoms with Crippen LogP contribution in [0.4, 0.5) is 0 Å². The van der Waals surface area contributed by atoms with Gasteiger partial charge in [0, 0.05) is 0 Å². The zero-order chi connectivity index (χ0) is 25.7. The Balaban J connectivity index is 1.49. The molecule has 0 radical (unpaired) electrons. The monoisotopic (exact) mass is 499 g/mol. The Morgan fingerprint density at radius 3 is 2.03 bits per heavy atom. The van der Waals surface area contributed by atoms with E-state index in [0.29, 0.717) is 26.4 Å². The molecule has 0 saturated heterocycles.